The average molecular weight is 241 g/mol. The SMILES string of the molecule is CC(=O)NCCN1CCCC(NC(C)C)C1=O. The summed E-state index contributed by atoms with van der Waals surface area (Å²) in [6.07, 6.45) is 1.93. The van der Waals surface area contributed by atoms with Crippen molar-refractivity contribution >= 4 is 11.8 Å². The Labute approximate surface area is 103 Å². The van der Waals surface area contributed by atoms with Crippen molar-refractivity contribution in [3.05, 3.63) is 0 Å². The quantitative estimate of drug-likeness (QED) is 0.718. The van der Waals surface area contributed by atoms with Crippen molar-refractivity contribution in [3.63, 3.8) is 0 Å². The number of rotatable bonds is 5. The van der Waals surface area contributed by atoms with Crippen LogP contribution in [0.25, 0.3) is 0 Å². The van der Waals surface area contributed by atoms with E-state index < -0.39 is 0 Å². The molecule has 2 amide bonds. The molecule has 0 aromatic carbocycles. The van der Waals surface area contributed by atoms with Crippen molar-refractivity contribution in [2.24, 2.45) is 0 Å². The second kappa shape index (κ2) is 6.59. The highest BCUT2D eigenvalue weighted by Crippen LogP contribution is 2.11. The number of nitrogens with zero attached hydrogens (tertiary/aromatic N) is 1. The number of hydrogen-bond acceptors (Lipinski definition) is 3. The van der Waals surface area contributed by atoms with Gasteiger partial charge in [0.05, 0.1) is 6.04 Å². The third-order valence-electron chi connectivity index (χ3n) is 2.82. The predicted molar refractivity (Wildman–Crippen MR) is 66.6 cm³/mol. The maximum Gasteiger partial charge on any atom is 0.239 e. The van der Waals surface area contributed by atoms with Crippen LogP contribution in [0.15, 0.2) is 0 Å². The standard InChI is InChI=1S/C12H23N3O2/c1-9(2)14-11-5-4-7-15(12(11)17)8-6-13-10(3)16/h9,11,14H,4-8H2,1-3H3,(H,13,16). The lowest BCUT2D eigenvalue weighted by molar-refractivity contribution is -0.136. The first kappa shape index (κ1) is 14.0. The molecule has 5 nitrogen and oxygen atoms in total. The van der Waals surface area contributed by atoms with Gasteiger partial charge in [0.15, 0.2) is 0 Å². The van der Waals surface area contributed by atoms with Gasteiger partial charge in [-0.05, 0) is 12.8 Å². The fourth-order valence-corrected chi connectivity index (χ4v) is 2.09. The predicted octanol–water partition coefficient (Wildman–Crippen LogP) is 0.112. The van der Waals surface area contributed by atoms with Crippen LogP contribution < -0.4 is 10.6 Å². The van der Waals surface area contributed by atoms with Gasteiger partial charge in [0, 0.05) is 32.6 Å². The van der Waals surface area contributed by atoms with Gasteiger partial charge < -0.3 is 15.5 Å². The summed E-state index contributed by atoms with van der Waals surface area (Å²) < 4.78 is 0. The molecule has 1 fully saturated rings. The lowest BCUT2D eigenvalue weighted by Crippen LogP contribution is -2.53. The largest absolute Gasteiger partial charge is 0.355 e. The molecule has 5 heteroatoms. The van der Waals surface area contributed by atoms with Crippen molar-refractivity contribution in [2.45, 2.75) is 45.7 Å². The van der Waals surface area contributed by atoms with E-state index in [1.54, 1.807) is 0 Å². The molecule has 17 heavy (non-hydrogen) atoms. The molecule has 1 unspecified atom stereocenters. The van der Waals surface area contributed by atoms with E-state index in [2.05, 4.69) is 10.6 Å². The van der Waals surface area contributed by atoms with E-state index in [0.29, 0.717) is 19.1 Å². The van der Waals surface area contributed by atoms with Gasteiger partial charge in [0.25, 0.3) is 0 Å². The third kappa shape index (κ3) is 4.73. The fourth-order valence-electron chi connectivity index (χ4n) is 2.09. The second-order valence-corrected chi connectivity index (χ2v) is 4.82. The number of piperidine rings is 1. The van der Waals surface area contributed by atoms with Crippen LogP contribution in [-0.2, 0) is 9.59 Å². The third-order valence-corrected chi connectivity index (χ3v) is 2.82. The first-order valence-corrected chi connectivity index (χ1v) is 6.30. The number of amides is 2. The summed E-state index contributed by atoms with van der Waals surface area (Å²) in [5.41, 5.74) is 0. The molecule has 1 rings (SSSR count). The Morgan fingerprint density at radius 1 is 1.53 bits per heavy atom. The minimum atomic E-state index is -0.0546. The van der Waals surface area contributed by atoms with E-state index in [1.165, 1.54) is 6.92 Å². The summed E-state index contributed by atoms with van der Waals surface area (Å²) in [4.78, 5) is 24.7. The van der Waals surface area contributed by atoms with Crippen LogP contribution in [0.4, 0.5) is 0 Å². The highest BCUT2D eigenvalue weighted by Gasteiger charge is 2.28. The summed E-state index contributed by atoms with van der Waals surface area (Å²) >= 11 is 0. The zero-order chi connectivity index (χ0) is 12.8. The molecule has 0 aromatic heterocycles. The van der Waals surface area contributed by atoms with Crippen LogP contribution in [0.2, 0.25) is 0 Å². The Balaban J connectivity index is 2.39. The second-order valence-electron chi connectivity index (χ2n) is 4.82. The Hall–Kier alpha value is -1.10. The molecule has 0 aliphatic carbocycles. The normalized spacial score (nSPS) is 20.8. The zero-order valence-electron chi connectivity index (χ0n) is 11.0. The van der Waals surface area contributed by atoms with Crippen LogP contribution in [0.3, 0.4) is 0 Å². The Morgan fingerprint density at radius 2 is 2.24 bits per heavy atom. The maximum atomic E-state index is 12.1. The number of carbonyl (C=O) groups excluding carboxylic acids is 2. The molecule has 0 saturated carbocycles. The van der Waals surface area contributed by atoms with Crippen molar-refractivity contribution < 1.29 is 9.59 Å². The molecule has 0 aromatic rings. The van der Waals surface area contributed by atoms with Crippen LogP contribution >= 0.6 is 0 Å². The van der Waals surface area contributed by atoms with E-state index >= 15 is 0 Å². The molecule has 1 heterocycles. The highest BCUT2D eigenvalue weighted by atomic mass is 16.2. The van der Waals surface area contributed by atoms with Crippen molar-refractivity contribution in [2.75, 3.05) is 19.6 Å². The monoisotopic (exact) mass is 241 g/mol. The minimum Gasteiger partial charge on any atom is -0.355 e. The topological polar surface area (TPSA) is 61.4 Å². The molecule has 1 aliphatic rings. The van der Waals surface area contributed by atoms with Gasteiger partial charge in [-0.15, -0.1) is 0 Å². The first-order valence-electron chi connectivity index (χ1n) is 6.30. The van der Waals surface area contributed by atoms with E-state index in [-0.39, 0.29) is 17.9 Å². The van der Waals surface area contributed by atoms with Crippen LogP contribution in [-0.4, -0.2) is 48.4 Å². The highest BCUT2D eigenvalue weighted by molar-refractivity contribution is 5.82. The summed E-state index contributed by atoms with van der Waals surface area (Å²) in [5, 5.41) is 6.00. The summed E-state index contributed by atoms with van der Waals surface area (Å²) in [6, 6.07) is 0.264. The Morgan fingerprint density at radius 3 is 2.82 bits per heavy atom. The lowest BCUT2D eigenvalue weighted by Gasteiger charge is -2.33. The van der Waals surface area contributed by atoms with E-state index in [4.69, 9.17) is 0 Å². The molecule has 0 radical (unpaired) electrons. The Bertz CT molecular complexity index is 279. The van der Waals surface area contributed by atoms with Crippen molar-refractivity contribution in [1.29, 1.82) is 0 Å². The zero-order valence-corrected chi connectivity index (χ0v) is 11.0. The summed E-state index contributed by atoms with van der Waals surface area (Å²) in [6.45, 7) is 7.52. The number of likely N-dealkylation sites (tertiary alicyclic amines) is 1. The average Bonchev–Trinajstić information content (AvgIpc) is 2.22. The molecule has 1 saturated heterocycles. The van der Waals surface area contributed by atoms with Gasteiger partial charge in [-0.2, -0.15) is 0 Å². The molecule has 0 bridgehead atoms. The smallest absolute Gasteiger partial charge is 0.239 e. The van der Waals surface area contributed by atoms with Gasteiger partial charge in [0.2, 0.25) is 11.8 Å². The molecule has 0 spiro atoms. The maximum absolute atomic E-state index is 12.1. The van der Waals surface area contributed by atoms with Gasteiger partial charge >= 0.3 is 0 Å². The number of nitrogens with one attached hydrogen (secondary N) is 2. The number of hydrogen-bond donors (Lipinski definition) is 2. The molecule has 2 N–H and O–H groups in total. The molecule has 98 valence electrons. The molecular formula is C12H23N3O2. The van der Waals surface area contributed by atoms with Gasteiger partial charge in [-0.1, -0.05) is 13.8 Å². The molecular weight excluding hydrogens is 218 g/mol. The van der Waals surface area contributed by atoms with Gasteiger partial charge in [-0.3, -0.25) is 9.59 Å². The van der Waals surface area contributed by atoms with Crippen LogP contribution in [0, 0.1) is 0 Å². The summed E-state index contributed by atoms with van der Waals surface area (Å²) in [7, 11) is 0. The van der Waals surface area contributed by atoms with E-state index in [0.717, 1.165) is 19.4 Å². The van der Waals surface area contributed by atoms with Gasteiger partial charge in [-0.25, -0.2) is 0 Å². The van der Waals surface area contributed by atoms with Gasteiger partial charge in [0.1, 0.15) is 0 Å². The van der Waals surface area contributed by atoms with E-state index in [9.17, 15) is 9.59 Å². The lowest BCUT2D eigenvalue weighted by atomic mass is 10.0. The first-order chi connectivity index (χ1) is 8.00. The van der Waals surface area contributed by atoms with Crippen molar-refractivity contribution in [1.82, 2.24) is 15.5 Å². The van der Waals surface area contributed by atoms with E-state index in [1.807, 2.05) is 18.7 Å². The summed E-state index contributed by atoms with van der Waals surface area (Å²) in [5.74, 6) is 0.113. The molecule has 1 atom stereocenters. The van der Waals surface area contributed by atoms with Crippen molar-refractivity contribution in [3.8, 4) is 0 Å². The minimum absolute atomic E-state index is 0.0497. The number of carbonyl (C=O) groups is 2. The molecule has 1 aliphatic heterocycles. The Kier molecular flexibility index (Phi) is 5.41. The fraction of sp³-hybridized carbons (Fsp3) is 0.833. The van der Waals surface area contributed by atoms with Crippen LogP contribution in [0.1, 0.15) is 33.6 Å². The van der Waals surface area contributed by atoms with Crippen LogP contribution in [0.5, 0.6) is 0 Å².